The summed E-state index contributed by atoms with van der Waals surface area (Å²) in [6.07, 6.45) is 3.58. The van der Waals surface area contributed by atoms with Crippen molar-refractivity contribution in [1.82, 2.24) is 0 Å². The van der Waals surface area contributed by atoms with Crippen LogP contribution in [0.5, 0.6) is 0 Å². The summed E-state index contributed by atoms with van der Waals surface area (Å²) in [4.78, 5) is 25.8. The number of nitrogens with one attached hydrogen (secondary N) is 1. The largest absolute Gasteiger partial charge is 0.465 e. The number of halogens is 1. The van der Waals surface area contributed by atoms with Crippen molar-refractivity contribution >= 4 is 55.5 Å². The van der Waals surface area contributed by atoms with Crippen LogP contribution in [-0.4, -0.2) is 40.2 Å². The first-order valence-electron chi connectivity index (χ1n) is 8.46. The predicted molar refractivity (Wildman–Crippen MR) is 110 cm³/mol. The van der Waals surface area contributed by atoms with Crippen molar-refractivity contribution in [2.45, 2.75) is 19.3 Å². The van der Waals surface area contributed by atoms with E-state index in [1.165, 1.54) is 30.6 Å². The Morgan fingerprint density at radius 2 is 1.93 bits per heavy atom. The van der Waals surface area contributed by atoms with Gasteiger partial charge in [0.1, 0.15) is 11.5 Å². The molecule has 1 aliphatic carbocycles. The van der Waals surface area contributed by atoms with E-state index in [1.54, 1.807) is 12.1 Å². The molecule has 1 amide bonds. The molecule has 0 radical (unpaired) electrons. The van der Waals surface area contributed by atoms with Gasteiger partial charge in [0.05, 0.1) is 24.6 Å². The smallest absolute Gasteiger partial charge is 0.341 e. The second-order valence-corrected chi connectivity index (χ2v) is 9.80. The van der Waals surface area contributed by atoms with Crippen LogP contribution < -0.4 is 9.62 Å². The first kappa shape index (κ1) is 20.6. The zero-order chi connectivity index (χ0) is 20.5. The van der Waals surface area contributed by atoms with Gasteiger partial charge in [-0.05, 0) is 49.1 Å². The SMILES string of the molecule is COC(=O)c1c(NC(=O)CN(c2ccc(Cl)cc2)S(C)(=O)=O)sc2c1CCC2. The molecule has 0 saturated heterocycles. The lowest BCUT2D eigenvalue weighted by molar-refractivity contribution is -0.114. The minimum atomic E-state index is -3.70. The van der Waals surface area contributed by atoms with Crippen LogP contribution in [0.4, 0.5) is 10.7 Å². The number of benzene rings is 1. The van der Waals surface area contributed by atoms with Crippen LogP contribution in [0.25, 0.3) is 0 Å². The summed E-state index contributed by atoms with van der Waals surface area (Å²) in [7, 11) is -2.41. The van der Waals surface area contributed by atoms with Crippen molar-refractivity contribution in [3.05, 3.63) is 45.3 Å². The number of hydrogen-bond donors (Lipinski definition) is 1. The van der Waals surface area contributed by atoms with E-state index in [2.05, 4.69) is 5.32 Å². The number of carbonyl (C=O) groups excluding carboxylic acids is 2. The number of nitrogens with zero attached hydrogens (tertiary/aromatic N) is 1. The molecule has 1 heterocycles. The van der Waals surface area contributed by atoms with Crippen molar-refractivity contribution in [2.24, 2.45) is 0 Å². The zero-order valence-corrected chi connectivity index (χ0v) is 17.7. The van der Waals surface area contributed by atoms with Crippen LogP contribution in [0.3, 0.4) is 0 Å². The Balaban J connectivity index is 1.84. The third-order valence-electron chi connectivity index (χ3n) is 4.37. The summed E-state index contributed by atoms with van der Waals surface area (Å²) in [5.74, 6) is -1.06. The van der Waals surface area contributed by atoms with Crippen molar-refractivity contribution in [3.8, 4) is 0 Å². The maximum Gasteiger partial charge on any atom is 0.341 e. The van der Waals surface area contributed by atoms with E-state index in [-0.39, 0.29) is 0 Å². The van der Waals surface area contributed by atoms with Gasteiger partial charge in [0.25, 0.3) is 0 Å². The summed E-state index contributed by atoms with van der Waals surface area (Å²) in [6, 6.07) is 6.14. The molecule has 150 valence electrons. The average Bonchev–Trinajstić information content (AvgIpc) is 3.19. The Kier molecular flexibility index (Phi) is 5.97. The molecular formula is C18H19ClN2O5S2. The fraction of sp³-hybridized carbons (Fsp3) is 0.333. The lowest BCUT2D eigenvalue weighted by Crippen LogP contribution is -2.37. The number of anilines is 2. The van der Waals surface area contributed by atoms with E-state index >= 15 is 0 Å². The number of hydrogen-bond acceptors (Lipinski definition) is 6. The molecule has 1 aromatic carbocycles. The maximum atomic E-state index is 12.6. The number of methoxy groups -OCH3 is 1. The Hall–Kier alpha value is -2.10. The molecule has 28 heavy (non-hydrogen) atoms. The normalized spacial score (nSPS) is 13.1. The van der Waals surface area contributed by atoms with E-state index in [1.807, 2.05) is 0 Å². The van der Waals surface area contributed by atoms with Gasteiger partial charge in [0.15, 0.2) is 0 Å². The van der Waals surface area contributed by atoms with E-state index in [9.17, 15) is 18.0 Å². The van der Waals surface area contributed by atoms with E-state index < -0.39 is 28.4 Å². The van der Waals surface area contributed by atoms with Gasteiger partial charge in [-0.1, -0.05) is 11.6 Å². The van der Waals surface area contributed by atoms with Gasteiger partial charge in [-0.25, -0.2) is 13.2 Å². The number of fused-ring (bicyclic) bond motifs is 1. The molecule has 2 aromatic rings. The molecule has 0 unspecified atom stereocenters. The minimum Gasteiger partial charge on any atom is -0.465 e. The number of carbonyl (C=O) groups is 2. The highest BCUT2D eigenvalue weighted by atomic mass is 35.5. The van der Waals surface area contributed by atoms with Gasteiger partial charge < -0.3 is 10.1 Å². The molecule has 0 bridgehead atoms. The molecule has 3 rings (SSSR count). The lowest BCUT2D eigenvalue weighted by Gasteiger charge is -2.21. The standard InChI is InChI=1S/C18H19ClN2O5S2/c1-26-18(23)16-13-4-3-5-14(13)27-17(16)20-15(22)10-21(28(2,24)25)12-8-6-11(19)7-9-12/h6-9H,3-5,10H2,1-2H3,(H,20,22). The molecule has 0 spiro atoms. The molecule has 0 saturated carbocycles. The molecule has 0 aliphatic heterocycles. The van der Waals surface area contributed by atoms with Gasteiger partial charge >= 0.3 is 5.97 Å². The highest BCUT2D eigenvalue weighted by molar-refractivity contribution is 7.92. The molecule has 0 atom stereocenters. The number of ether oxygens (including phenoxy) is 1. The summed E-state index contributed by atoms with van der Waals surface area (Å²) in [5, 5.41) is 3.54. The number of amides is 1. The van der Waals surface area contributed by atoms with Crippen LogP contribution in [0.15, 0.2) is 24.3 Å². The van der Waals surface area contributed by atoms with E-state index in [0.717, 1.165) is 40.3 Å². The van der Waals surface area contributed by atoms with Crippen molar-refractivity contribution < 1.29 is 22.7 Å². The Labute approximate surface area is 172 Å². The summed E-state index contributed by atoms with van der Waals surface area (Å²) in [5.41, 5.74) is 1.60. The van der Waals surface area contributed by atoms with Gasteiger partial charge in [-0.15, -0.1) is 11.3 Å². The molecule has 1 aromatic heterocycles. The fourth-order valence-electron chi connectivity index (χ4n) is 3.11. The number of esters is 1. The van der Waals surface area contributed by atoms with Crippen LogP contribution in [0.1, 0.15) is 27.2 Å². The van der Waals surface area contributed by atoms with Gasteiger partial charge in [-0.3, -0.25) is 9.10 Å². The Morgan fingerprint density at radius 1 is 1.25 bits per heavy atom. The number of aryl methyl sites for hydroxylation is 1. The van der Waals surface area contributed by atoms with E-state index in [4.69, 9.17) is 16.3 Å². The molecule has 7 nitrogen and oxygen atoms in total. The van der Waals surface area contributed by atoms with Crippen LogP contribution in [0, 0.1) is 0 Å². The van der Waals surface area contributed by atoms with Crippen LogP contribution in [-0.2, 0) is 32.4 Å². The quantitative estimate of drug-likeness (QED) is 0.694. The summed E-state index contributed by atoms with van der Waals surface area (Å²) >= 11 is 7.19. The number of thiophene rings is 1. The van der Waals surface area contributed by atoms with Crippen molar-refractivity contribution in [2.75, 3.05) is 29.5 Å². The topological polar surface area (TPSA) is 92.8 Å². The zero-order valence-electron chi connectivity index (χ0n) is 15.3. The second kappa shape index (κ2) is 8.10. The van der Waals surface area contributed by atoms with Crippen LogP contribution >= 0.6 is 22.9 Å². The first-order valence-corrected chi connectivity index (χ1v) is 11.5. The van der Waals surface area contributed by atoms with Crippen LogP contribution in [0.2, 0.25) is 5.02 Å². The molecule has 1 N–H and O–H groups in total. The monoisotopic (exact) mass is 442 g/mol. The lowest BCUT2D eigenvalue weighted by atomic mass is 10.1. The number of sulfonamides is 1. The highest BCUT2D eigenvalue weighted by Crippen LogP contribution is 2.39. The first-order chi connectivity index (χ1) is 13.2. The van der Waals surface area contributed by atoms with Gasteiger partial charge in [0.2, 0.25) is 15.9 Å². The molecule has 0 fully saturated rings. The molecule has 1 aliphatic rings. The highest BCUT2D eigenvalue weighted by Gasteiger charge is 2.29. The fourth-order valence-corrected chi connectivity index (χ4v) is 5.39. The van der Waals surface area contributed by atoms with Gasteiger partial charge in [0, 0.05) is 9.90 Å². The maximum absolute atomic E-state index is 12.6. The van der Waals surface area contributed by atoms with Crippen molar-refractivity contribution in [1.29, 1.82) is 0 Å². The van der Waals surface area contributed by atoms with Crippen molar-refractivity contribution in [3.63, 3.8) is 0 Å². The third kappa shape index (κ3) is 4.31. The summed E-state index contributed by atoms with van der Waals surface area (Å²) in [6.45, 7) is -0.427. The third-order valence-corrected chi connectivity index (χ3v) is 6.97. The molecular weight excluding hydrogens is 424 g/mol. The number of rotatable bonds is 6. The summed E-state index contributed by atoms with van der Waals surface area (Å²) < 4.78 is 30.2. The van der Waals surface area contributed by atoms with Gasteiger partial charge in [-0.2, -0.15) is 0 Å². The predicted octanol–water partition coefficient (Wildman–Crippen LogP) is 3.08. The Morgan fingerprint density at radius 3 is 2.54 bits per heavy atom. The minimum absolute atomic E-state index is 0.323. The average molecular weight is 443 g/mol. The molecule has 10 heteroatoms. The van der Waals surface area contributed by atoms with E-state index in [0.29, 0.717) is 21.3 Å². The second-order valence-electron chi connectivity index (χ2n) is 6.35. The Bertz CT molecular complexity index is 1020.